The molecular weight excluding hydrogens is 438 g/mol. The third-order valence-corrected chi connectivity index (χ3v) is 7.98. The normalized spacial score (nSPS) is 15.5. The van der Waals surface area contributed by atoms with Crippen LogP contribution in [0.2, 0.25) is 0 Å². The van der Waals surface area contributed by atoms with Crippen molar-refractivity contribution in [2.75, 3.05) is 37.4 Å². The summed E-state index contributed by atoms with van der Waals surface area (Å²) in [6, 6.07) is 13.4. The highest BCUT2D eigenvalue weighted by Gasteiger charge is 2.21. The molecule has 1 aliphatic heterocycles. The summed E-state index contributed by atoms with van der Waals surface area (Å²) in [6.45, 7) is 5.11. The minimum Gasteiger partial charge on any atom is -0.393 e. The van der Waals surface area contributed by atoms with Crippen molar-refractivity contribution in [1.82, 2.24) is 13.9 Å². The largest absolute Gasteiger partial charge is 0.393 e. The maximum atomic E-state index is 12.6. The van der Waals surface area contributed by atoms with Gasteiger partial charge in [-0.3, -0.25) is 0 Å². The third-order valence-electron chi connectivity index (χ3n) is 6.17. The van der Waals surface area contributed by atoms with Gasteiger partial charge in [-0.25, -0.2) is 17.7 Å². The summed E-state index contributed by atoms with van der Waals surface area (Å²) in [4.78, 5) is 7.36. The number of aliphatic hydroxyl groups excluding tert-OH is 1. The zero-order valence-corrected chi connectivity index (χ0v) is 20.3. The van der Waals surface area contributed by atoms with Gasteiger partial charge >= 0.3 is 0 Å². The minimum absolute atomic E-state index is 0.212. The minimum atomic E-state index is -3.52. The van der Waals surface area contributed by atoms with Crippen molar-refractivity contribution in [3.05, 3.63) is 48.3 Å². The number of nitrogens with zero attached hydrogens (tertiary/aromatic N) is 4. The molecule has 0 spiro atoms. The van der Waals surface area contributed by atoms with Gasteiger partial charge in [-0.15, -0.1) is 0 Å². The molecule has 2 N–H and O–H groups in total. The summed E-state index contributed by atoms with van der Waals surface area (Å²) in [6.07, 6.45) is 2.29. The topological polar surface area (TPSA) is 90.7 Å². The van der Waals surface area contributed by atoms with Gasteiger partial charge in [0, 0.05) is 33.7 Å². The lowest BCUT2D eigenvalue weighted by atomic mass is 10.1. The van der Waals surface area contributed by atoms with E-state index in [0.29, 0.717) is 12.1 Å². The Morgan fingerprint density at radius 2 is 1.88 bits per heavy atom. The lowest BCUT2D eigenvalue weighted by molar-refractivity contribution is 0.145. The summed E-state index contributed by atoms with van der Waals surface area (Å²) in [5, 5.41) is 13.4. The molecule has 1 fully saturated rings. The van der Waals surface area contributed by atoms with Gasteiger partial charge in [0.05, 0.1) is 40.0 Å². The second-order valence-corrected chi connectivity index (χ2v) is 10.9. The molecule has 1 aliphatic rings. The molecule has 0 atom stereocenters. The lowest BCUT2D eigenvalue weighted by Gasteiger charge is -2.33. The van der Waals surface area contributed by atoms with Crippen LogP contribution in [0.3, 0.4) is 0 Å². The number of imidazole rings is 1. The molecular formula is C24H33N5O3S. The number of benzene rings is 2. The summed E-state index contributed by atoms with van der Waals surface area (Å²) in [7, 11) is -0.451. The molecule has 4 rings (SSSR count). The van der Waals surface area contributed by atoms with Gasteiger partial charge in [0.15, 0.2) is 0 Å². The number of aryl methyl sites for hydroxylation is 1. The van der Waals surface area contributed by atoms with Gasteiger partial charge in [-0.05, 0) is 49.6 Å². The van der Waals surface area contributed by atoms with E-state index in [9.17, 15) is 13.5 Å². The van der Waals surface area contributed by atoms with Crippen molar-refractivity contribution in [1.29, 1.82) is 0 Å². The number of sulfonamides is 1. The number of piperidine rings is 1. The van der Waals surface area contributed by atoms with Crippen LogP contribution >= 0.6 is 0 Å². The highest BCUT2D eigenvalue weighted by atomic mass is 32.2. The number of hydrogen-bond donors (Lipinski definition) is 2. The number of aromatic nitrogens is 2. The van der Waals surface area contributed by atoms with E-state index >= 15 is 0 Å². The van der Waals surface area contributed by atoms with Crippen LogP contribution in [-0.2, 0) is 23.1 Å². The first-order valence-electron chi connectivity index (χ1n) is 11.5. The molecule has 178 valence electrons. The van der Waals surface area contributed by atoms with E-state index in [4.69, 9.17) is 4.98 Å². The zero-order chi connectivity index (χ0) is 23.6. The van der Waals surface area contributed by atoms with Crippen molar-refractivity contribution in [3.8, 4) is 0 Å². The number of anilines is 2. The fourth-order valence-electron chi connectivity index (χ4n) is 4.32. The molecule has 3 aromatic rings. The smallest absolute Gasteiger partial charge is 0.242 e. The van der Waals surface area contributed by atoms with Gasteiger partial charge in [0.2, 0.25) is 10.0 Å². The molecule has 0 aliphatic carbocycles. The van der Waals surface area contributed by atoms with Crippen LogP contribution in [0.25, 0.3) is 11.0 Å². The number of nitrogens with one attached hydrogen (secondary N) is 1. The van der Waals surface area contributed by atoms with Crippen LogP contribution in [0.1, 0.15) is 32.0 Å². The molecule has 33 heavy (non-hydrogen) atoms. The maximum absolute atomic E-state index is 12.6. The van der Waals surface area contributed by atoms with Crippen LogP contribution in [0.5, 0.6) is 0 Å². The predicted molar refractivity (Wildman–Crippen MR) is 132 cm³/mol. The first-order valence-corrected chi connectivity index (χ1v) is 12.9. The quantitative estimate of drug-likeness (QED) is 0.524. The van der Waals surface area contributed by atoms with E-state index in [0.717, 1.165) is 61.6 Å². The van der Waals surface area contributed by atoms with E-state index in [1.807, 2.05) is 18.2 Å². The molecule has 0 saturated carbocycles. The van der Waals surface area contributed by atoms with Gasteiger partial charge < -0.3 is 19.9 Å². The van der Waals surface area contributed by atoms with Gasteiger partial charge in [0.25, 0.3) is 0 Å². The van der Waals surface area contributed by atoms with Crippen LogP contribution in [0, 0.1) is 0 Å². The first kappa shape index (κ1) is 23.5. The van der Waals surface area contributed by atoms with Gasteiger partial charge in [0.1, 0.15) is 5.82 Å². The number of rotatable bonds is 8. The maximum Gasteiger partial charge on any atom is 0.242 e. The number of hydrogen-bond acceptors (Lipinski definition) is 6. The number of fused-ring (bicyclic) bond motifs is 1. The van der Waals surface area contributed by atoms with Crippen LogP contribution < -0.4 is 10.2 Å². The van der Waals surface area contributed by atoms with Crippen molar-refractivity contribution in [3.63, 3.8) is 0 Å². The SMILES string of the molecule is CCCn1c(CNc2ccccc2N2CCC(O)CC2)nc2cc(S(=O)(=O)N(C)C)ccc21. The van der Waals surface area contributed by atoms with E-state index in [2.05, 4.69) is 33.8 Å². The molecule has 1 aromatic heterocycles. The molecule has 2 aromatic carbocycles. The standard InChI is InChI=1S/C24H33N5O3S/c1-4-13-29-23-10-9-19(33(31,32)27(2)3)16-21(23)26-24(29)17-25-20-7-5-6-8-22(20)28-14-11-18(30)12-15-28/h5-10,16,18,25,30H,4,11-15,17H2,1-3H3. The Bertz CT molecular complexity index is 1210. The Hall–Kier alpha value is -2.62. The van der Waals surface area contributed by atoms with Crippen molar-refractivity contribution < 1.29 is 13.5 Å². The summed E-state index contributed by atoms with van der Waals surface area (Å²) in [5.74, 6) is 0.870. The Morgan fingerprint density at radius 1 is 1.15 bits per heavy atom. The monoisotopic (exact) mass is 471 g/mol. The highest BCUT2D eigenvalue weighted by Crippen LogP contribution is 2.29. The first-order chi connectivity index (χ1) is 15.8. The summed E-state index contributed by atoms with van der Waals surface area (Å²) in [5.41, 5.74) is 3.77. The molecule has 0 radical (unpaired) electrons. The van der Waals surface area contributed by atoms with Gasteiger partial charge in [-0.1, -0.05) is 19.1 Å². The molecule has 1 saturated heterocycles. The van der Waals surface area contributed by atoms with Crippen LogP contribution in [0.15, 0.2) is 47.4 Å². The Morgan fingerprint density at radius 3 is 2.58 bits per heavy atom. The molecule has 2 heterocycles. The van der Waals surface area contributed by atoms with Crippen LogP contribution in [-0.4, -0.2) is 60.7 Å². The zero-order valence-electron chi connectivity index (χ0n) is 19.5. The summed E-state index contributed by atoms with van der Waals surface area (Å²) < 4.78 is 28.5. The van der Waals surface area contributed by atoms with E-state index in [1.54, 1.807) is 12.1 Å². The average Bonchev–Trinajstić information content (AvgIpc) is 3.15. The fourth-order valence-corrected chi connectivity index (χ4v) is 5.24. The third kappa shape index (κ3) is 4.85. The Labute approximate surface area is 195 Å². The lowest BCUT2D eigenvalue weighted by Crippen LogP contribution is -2.36. The van der Waals surface area contributed by atoms with E-state index < -0.39 is 10.0 Å². The average molecular weight is 472 g/mol. The van der Waals surface area contributed by atoms with Crippen molar-refractivity contribution in [2.24, 2.45) is 0 Å². The molecule has 0 amide bonds. The molecule has 0 unspecified atom stereocenters. The Balaban J connectivity index is 1.62. The second kappa shape index (κ2) is 9.70. The van der Waals surface area contributed by atoms with Crippen molar-refractivity contribution in [2.45, 2.75) is 50.3 Å². The fraction of sp³-hybridized carbons (Fsp3) is 0.458. The van der Waals surface area contributed by atoms with E-state index in [1.165, 1.54) is 18.4 Å². The van der Waals surface area contributed by atoms with E-state index in [-0.39, 0.29) is 11.0 Å². The van der Waals surface area contributed by atoms with Gasteiger partial charge in [-0.2, -0.15) is 0 Å². The molecule has 8 nitrogen and oxygen atoms in total. The molecule has 0 bridgehead atoms. The van der Waals surface area contributed by atoms with Crippen molar-refractivity contribution >= 4 is 32.4 Å². The number of aliphatic hydroxyl groups is 1. The predicted octanol–water partition coefficient (Wildman–Crippen LogP) is 3.27. The summed E-state index contributed by atoms with van der Waals surface area (Å²) >= 11 is 0. The second-order valence-electron chi connectivity index (χ2n) is 8.71. The number of para-hydroxylation sites is 2. The Kier molecular flexibility index (Phi) is 6.92. The van der Waals surface area contributed by atoms with Crippen LogP contribution in [0.4, 0.5) is 11.4 Å². The molecule has 9 heteroatoms. The highest BCUT2D eigenvalue weighted by molar-refractivity contribution is 7.89.